The lowest BCUT2D eigenvalue weighted by molar-refractivity contribution is -0.114. The van der Waals surface area contributed by atoms with Gasteiger partial charge in [0.2, 0.25) is 5.91 Å². The molecule has 0 spiro atoms. The van der Waals surface area contributed by atoms with Gasteiger partial charge in [0.1, 0.15) is 0 Å². The molecule has 1 amide bonds. The summed E-state index contributed by atoms with van der Waals surface area (Å²) in [7, 11) is 0. The lowest BCUT2D eigenvalue weighted by Gasteiger charge is -2.16. The van der Waals surface area contributed by atoms with Gasteiger partial charge in [-0.15, -0.1) is 11.3 Å². The Morgan fingerprint density at radius 3 is 2.80 bits per heavy atom. The SMILES string of the molecule is CC(=O)Nc1ccsc1CN[C@@H](C)c1ccccc1Br. The molecule has 0 saturated heterocycles. The molecule has 0 aliphatic carbocycles. The molecule has 0 aliphatic rings. The second-order valence-corrected chi connectivity index (χ2v) is 6.42. The summed E-state index contributed by atoms with van der Waals surface area (Å²) in [5.41, 5.74) is 2.12. The highest BCUT2D eigenvalue weighted by Gasteiger charge is 2.10. The molecule has 0 radical (unpaired) electrons. The van der Waals surface area contributed by atoms with E-state index in [4.69, 9.17) is 0 Å². The minimum Gasteiger partial charge on any atom is -0.325 e. The highest BCUT2D eigenvalue weighted by Crippen LogP contribution is 2.26. The maximum atomic E-state index is 11.1. The lowest BCUT2D eigenvalue weighted by Crippen LogP contribution is -2.19. The Hall–Kier alpha value is -1.17. The molecule has 2 rings (SSSR count). The Kier molecular flexibility index (Phi) is 5.34. The smallest absolute Gasteiger partial charge is 0.221 e. The predicted octanol–water partition coefficient (Wildman–Crippen LogP) is 4.32. The van der Waals surface area contributed by atoms with Crippen LogP contribution in [0.15, 0.2) is 40.2 Å². The highest BCUT2D eigenvalue weighted by molar-refractivity contribution is 9.10. The summed E-state index contributed by atoms with van der Waals surface area (Å²) in [6, 6.07) is 10.4. The molecule has 1 atom stereocenters. The maximum absolute atomic E-state index is 11.1. The van der Waals surface area contributed by atoms with Gasteiger partial charge < -0.3 is 10.6 Å². The Bertz CT molecular complexity index is 597. The molecule has 1 aromatic heterocycles. The van der Waals surface area contributed by atoms with Crippen molar-refractivity contribution in [3.8, 4) is 0 Å². The van der Waals surface area contributed by atoms with Gasteiger partial charge in [0.15, 0.2) is 0 Å². The van der Waals surface area contributed by atoms with Gasteiger partial charge in [-0.2, -0.15) is 0 Å². The van der Waals surface area contributed by atoms with Crippen LogP contribution in [-0.2, 0) is 11.3 Å². The van der Waals surface area contributed by atoms with E-state index in [9.17, 15) is 4.79 Å². The Morgan fingerprint density at radius 1 is 1.35 bits per heavy atom. The number of halogens is 1. The summed E-state index contributed by atoms with van der Waals surface area (Å²) in [6.45, 7) is 4.39. The third kappa shape index (κ3) is 3.91. The summed E-state index contributed by atoms with van der Waals surface area (Å²) in [5, 5.41) is 8.33. The fraction of sp³-hybridized carbons (Fsp3) is 0.267. The average molecular weight is 353 g/mol. The predicted molar refractivity (Wildman–Crippen MR) is 88.0 cm³/mol. The number of amides is 1. The van der Waals surface area contributed by atoms with E-state index >= 15 is 0 Å². The third-order valence-corrected chi connectivity index (χ3v) is 4.64. The van der Waals surface area contributed by atoms with Crippen LogP contribution in [-0.4, -0.2) is 5.91 Å². The molecule has 0 bridgehead atoms. The largest absolute Gasteiger partial charge is 0.325 e. The number of hydrogen-bond donors (Lipinski definition) is 2. The first-order chi connectivity index (χ1) is 9.58. The van der Waals surface area contributed by atoms with E-state index in [1.54, 1.807) is 11.3 Å². The average Bonchev–Trinajstić information content (AvgIpc) is 2.83. The van der Waals surface area contributed by atoms with Crippen LogP contribution in [0, 0.1) is 0 Å². The number of rotatable bonds is 5. The summed E-state index contributed by atoms with van der Waals surface area (Å²) in [6.07, 6.45) is 0. The standard InChI is InChI=1S/C15H17BrN2OS/c1-10(12-5-3-4-6-13(12)16)17-9-15-14(7-8-20-15)18-11(2)19/h3-8,10,17H,9H2,1-2H3,(H,18,19)/t10-/m0/s1. The maximum Gasteiger partial charge on any atom is 0.221 e. The Balaban J connectivity index is 2.00. The molecule has 0 unspecified atom stereocenters. The number of hydrogen-bond acceptors (Lipinski definition) is 3. The van der Waals surface area contributed by atoms with Gasteiger partial charge in [0, 0.05) is 28.9 Å². The van der Waals surface area contributed by atoms with Crippen molar-refractivity contribution in [1.82, 2.24) is 5.32 Å². The van der Waals surface area contributed by atoms with Crippen molar-refractivity contribution in [2.75, 3.05) is 5.32 Å². The summed E-state index contributed by atoms with van der Waals surface area (Å²) < 4.78 is 1.10. The molecule has 0 aliphatic heterocycles. The molecule has 2 aromatic rings. The molecule has 1 aromatic carbocycles. The minimum atomic E-state index is -0.0384. The molecule has 106 valence electrons. The molecule has 1 heterocycles. The van der Waals surface area contributed by atoms with Gasteiger partial charge in [-0.1, -0.05) is 34.1 Å². The Labute approximate surface area is 131 Å². The molecule has 0 fully saturated rings. The van der Waals surface area contributed by atoms with Crippen molar-refractivity contribution in [3.05, 3.63) is 50.6 Å². The van der Waals surface area contributed by atoms with Gasteiger partial charge in [0.25, 0.3) is 0 Å². The topological polar surface area (TPSA) is 41.1 Å². The van der Waals surface area contributed by atoms with Crippen molar-refractivity contribution in [2.45, 2.75) is 26.4 Å². The Morgan fingerprint density at radius 2 is 2.10 bits per heavy atom. The summed E-state index contributed by atoms with van der Waals surface area (Å²) in [5.74, 6) is -0.0384. The van der Waals surface area contributed by atoms with Crippen LogP contribution in [0.1, 0.15) is 30.3 Å². The molecule has 5 heteroatoms. The van der Waals surface area contributed by atoms with E-state index in [2.05, 4.69) is 39.6 Å². The second kappa shape index (κ2) is 7.02. The van der Waals surface area contributed by atoms with E-state index in [1.165, 1.54) is 12.5 Å². The molecular weight excluding hydrogens is 336 g/mol. The first-order valence-electron chi connectivity index (χ1n) is 6.39. The number of nitrogens with one attached hydrogen (secondary N) is 2. The number of carbonyl (C=O) groups is 1. The van der Waals surface area contributed by atoms with Crippen LogP contribution in [0.25, 0.3) is 0 Å². The van der Waals surface area contributed by atoms with Crippen molar-refractivity contribution in [3.63, 3.8) is 0 Å². The van der Waals surface area contributed by atoms with Crippen LogP contribution in [0.3, 0.4) is 0 Å². The first kappa shape index (κ1) is 15.2. The highest BCUT2D eigenvalue weighted by atomic mass is 79.9. The van der Waals surface area contributed by atoms with Gasteiger partial charge in [-0.25, -0.2) is 0 Å². The zero-order chi connectivity index (χ0) is 14.5. The van der Waals surface area contributed by atoms with E-state index in [0.717, 1.165) is 21.6 Å². The zero-order valence-electron chi connectivity index (χ0n) is 11.4. The second-order valence-electron chi connectivity index (χ2n) is 4.56. The molecule has 3 nitrogen and oxygen atoms in total. The van der Waals surface area contributed by atoms with Crippen LogP contribution < -0.4 is 10.6 Å². The quantitative estimate of drug-likeness (QED) is 0.841. The first-order valence-corrected chi connectivity index (χ1v) is 8.07. The number of benzene rings is 1. The molecular formula is C15H17BrN2OS. The van der Waals surface area contributed by atoms with E-state index in [-0.39, 0.29) is 11.9 Å². The van der Waals surface area contributed by atoms with Gasteiger partial charge in [-0.3, -0.25) is 4.79 Å². The number of thiophene rings is 1. The van der Waals surface area contributed by atoms with Crippen molar-refractivity contribution in [2.24, 2.45) is 0 Å². The van der Waals surface area contributed by atoms with E-state index in [1.807, 2.05) is 29.6 Å². The fourth-order valence-electron chi connectivity index (χ4n) is 1.96. The lowest BCUT2D eigenvalue weighted by atomic mass is 10.1. The monoisotopic (exact) mass is 352 g/mol. The van der Waals surface area contributed by atoms with Gasteiger partial charge in [-0.05, 0) is 30.0 Å². The molecule has 2 N–H and O–H groups in total. The fourth-order valence-corrected chi connectivity index (χ4v) is 3.37. The molecule has 20 heavy (non-hydrogen) atoms. The van der Waals surface area contributed by atoms with Crippen LogP contribution in [0.5, 0.6) is 0 Å². The van der Waals surface area contributed by atoms with Crippen LogP contribution >= 0.6 is 27.3 Å². The third-order valence-electron chi connectivity index (χ3n) is 3.00. The molecule has 0 saturated carbocycles. The summed E-state index contributed by atoms with van der Waals surface area (Å²) >= 11 is 5.21. The van der Waals surface area contributed by atoms with Crippen molar-refractivity contribution in [1.29, 1.82) is 0 Å². The normalized spacial score (nSPS) is 12.2. The number of carbonyl (C=O) groups excluding carboxylic acids is 1. The zero-order valence-corrected chi connectivity index (χ0v) is 13.8. The van der Waals surface area contributed by atoms with E-state index < -0.39 is 0 Å². The van der Waals surface area contributed by atoms with Crippen LogP contribution in [0.2, 0.25) is 0 Å². The summed E-state index contributed by atoms with van der Waals surface area (Å²) in [4.78, 5) is 12.3. The van der Waals surface area contributed by atoms with Crippen molar-refractivity contribution >= 4 is 38.9 Å². The van der Waals surface area contributed by atoms with Crippen molar-refractivity contribution < 1.29 is 4.79 Å². The van der Waals surface area contributed by atoms with Crippen LogP contribution in [0.4, 0.5) is 5.69 Å². The minimum absolute atomic E-state index is 0.0384. The number of anilines is 1. The van der Waals surface area contributed by atoms with E-state index in [0.29, 0.717) is 0 Å². The van der Waals surface area contributed by atoms with Gasteiger partial charge >= 0.3 is 0 Å². The van der Waals surface area contributed by atoms with Gasteiger partial charge in [0.05, 0.1) is 5.69 Å².